The highest BCUT2D eigenvalue weighted by Gasteiger charge is 2.69. The molecule has 2 N–H and O–H groups in total. The summed E-state index contributed by atoms with van der Waals surface area (Å²) in [5, 5.41) is 13.2. The Morgan fingerprint density at radius 3 is 2.38 bits per heavy atom. The summed E-state index contributed by atoms with van der Waals surface area (Å²) in [7, 11) is 0. The van der Waals surface area contributed by atoms with Crippen molar-refractivity contribution in [2.24, 2.45) is 17.3 Å². The van der Waals surface area contributed by atoms with Gasteiger partial charge in [0.1, 0.15) is 18.1 Å². The first kappa shape index (κ1) is 22.7. The largest absolute Gasteiger partial charge is 0.471 e. The topological polar surface area (TPSA) is 102 Å². The number of alkyl halides is 3. The molecule has 0 aromatic rings. The van der Waals surface area contributed by atoms with Crippen LogP contribution < -0.4 is 10.6 Å². The van der Waals surface area contributed by atoms with Crippen molar-refractivity contribution in [2.45, 2.75) is 58.4 Å². The van der Waals surface area contributed by atoms with Crippen molar-refractivity contribution < 1.29 is 27.6 Å². The molecular weight excluding hydrogens is 389 g/mol. The van der Waals surface area contributed by atoms with Gasteiger partial charge in [0.2, 0.25) is 11.8 Å². The Kier molecular flexibility index (Phi) is 6.02. The summed E-state index contributed by atoms with van der Waals surface area (Å²) < 4.78 is 38.1. The number of hydrogen-bond donors (Lipinski definition) is 2. The van der Waals surface area contributed by atoms with Gasteiger partial charge in [-0.1, -0.05) is 27.4 Å². The summed E-state index contributed by atoms with van der Waals surface area (Å²) >= 11 is 0. The molecule has 1 saturated carbocycles. The molecule has 0 radical (unpaired) electrons. The Bertz CT molecular complexity index is 772. The molecule has 0 aromatic carbocycles. The lowest BCUT2D eigenvalue weighted by Gasteiger charge is -2.33. The third kappa shape index (κ3) is 4.23. The lowest BCUT2D eigenvalue weighted by molar-refractivity contribution is -0.174. The molecule has 10 heteroatoms. The van der Waals surface area contributed by atoms with E-state index in [4.69, 9.17) is 5.26 Å². The van der Waals surface area contributed by atoms with Crippen molar-refractivity contribution in [2.75, 3.05) is 6.54 Å². The zero-order valence-corrected chi connectivity index (χ0v) is 16.8. The molecule has 5 atom stereocenters. The molecular formula is C19H25F3N4O3. The number of halogens is 3. The maximum Gasteiger partial charge on any atom is 0.471 e. The van der Waals surface area contributed by atoms with E-state index in [1.807, 2.05) is 19.9 Å². The Labute approximate surface area is 167 Å². The van der Waals surface area contributed by atoms with Gasteiger partial charge in [0.25, 0.3) is 0 Å². The smallest absolute Gasteiger partial charge is 0.339 e. The van der Waals surface area contributed by atoms with E-state index < -0.39 is 42.0 Å². The highest BCUT2D eigenvalue weighted by molar-refractivity contribution is 5.96. The number of fused-ring (bicyclic) bond motifs is 1. The summed E-state index contributed by atoms with van der Waals surface area (Å²) in [6.07, 6.45) is -4.98. The van der Waals surface area contributed by atoms with Gasteiger partial charge in [-0.3, -0.25) is 14.4 Å². The summed E-state index contributed by atoms with van der Waals surface area (Å²) in [6, 6.07) is -1.42. The zero-order valence-electron chi connectivity index (χ0n) is 16.8. The number of carbonyl (C=O) groups is 3. The first-order valence-electron chi connectivity index (χ1n) is 9.33. The molecule has 0 bridgehead atoms. The maximum absolute atomic E-state index is 13.1. The maximum atomic E-state index is 13.1. The van der Waals surface area contributed by atoms with Gasteiger partial charge in [0.05, 0.1) is 6.07 Å². The molecule has 1 aliphatic carbocycles. The van der Waals surface area contributed by atoms with Gasteiger partial charge in [0, 0.05) is 6.54 Å². The van der Waals surface area contributed by atoms with E-state index in [9.17, 15) is 27.6 Å². The lowest BCUT2D eigenvalue weighted by Crippen LogP contribution is -2.58. The van der Waals surface area contributed by atoms with Gasteiger partial charge in [-0.2, -0.15) is 18.4 Å². The lowest BCUT2D eigenvalue weighted by atomic mass is 9.98. The van der Waals surface area contributed by atoms with Gasteiger partial charge in [-0.15, -0.1) is 0 Å². The predicted molar refractivity (Wildman–Crippen MR) is 96.9 cm³/mol. The van der Waals surface area contributed by atoms with E-state index in [2.05, 4.69) is 11.9 Å². The molecule has 160 valence electrons. The van der Waals surface area contributed by atoms with E-state index in [0.29, 0.717) is 0 Å². The Morgan fingerprint density at radius 2 is 1.90 bits per heavy atom. The molecule has 0 aromatic heterocycles. The average molecular weight is 414 g/mol. The van der Waals surface area contributed by atoms with Crippen molar-refractivity contribution >= 4 is 17.7 Å². The number of likely N-dealkylation sites (tertiary alicyclic amines) is 1. The van der Waals surface area contributed by atoms with Crippen LogP contribution in [-0.2, 0) is 14.4 Å². The number of nitrogens with one attached hydrogen (secondary N) is 2. The van der Waals surface area contributed by atoms with E-state index >= 15 is 0 Å². The fraction of sp³-hybridized carbons (Fsp3) is 0.684. The molecule has 2 fully saturated rings. The minimum atomic E-state index is -5.15. The third-order valence-electron chi connectivity index (χ3n) is 5.95. The monoisotopic (exact) mass is 414 g/mol. The minimum Gasteiger partial charge on any atom is -0.339 e. The molecule has 0 spiro atoms. The van der Waals surface area contributed by atoms with Crippen molar-refractivity contribution in [1.82, 2.24) is 15.5 Å². The van der Waals surface area contributed by atoms with Crippen LogP contribution in [0.1, 0.15) is 34.1 Å². The van der Waals surface area contributed by atoms with Crippen LogP contribution in [0.2, 0.25) is 0 Å². The van der Waals surface area contributed by atoms with Crippen molar-refractivity contribution in [1.29, 1.82) is 5.26 Å². The number of amides is 3. The first-order chi connectivity index (χ1) is 13.3. The van der Waals surface area contributed by atoms with Gasteiger partial charge >= 0.3 is 12.1 Å². The first-order valence-corrected chi connectivity index (χ1v) is 9.33. The average Bonchev–Trinajstić information content (AvgIpc) is 2.97. The van der Waals surface area contributed by atoms with Crippen LogP contribution in [0, 0.1) is 28.6 Å². The summed E-state index contributed by atoms with van der Waals surface area (Å²) in [5.41, 5.74) is -0.0989. The summed E-state index contributed by atoms with van der Waals surface area (Å²) in [6.45, 7) is 10.8. The van der Waals surface area contributed by atoms with E-state index in [1.54, 1.807) is 12.2 Å². The number of piperidine rings is 1. The quantitative estimate of drug-likeness (QED) is 0.643. The molecule has 2 aliphatic rings. The third-order valence-corrected chi connectivity index (χ3v) is 5.95. The second-order valence-electron chi connectivity index (χ2n) is 8.16. The second kappa shape index (κ2) is 7.69. The van der Waals surface area contributed by atoms with Gasteiger partial charge in [0.15, 0.2) is 0 Å². The van der Waals surface area contributed by atoms with E-state index in [-0.39, 0.29) is 35.8 Å². The Morgan fingerprint density at radius 1 is 1.31 bits per heavy atom. The SMILES string of the molecule is C=C(CC)[C@H](NC(=O)C(F)(F)F)C(=O)N1C[C@H]2[C@@H]([C@H]1C(=O)N[C@@H](C)C#N)C2(C)C. The standard InChI is InChI=1S/C19H25F3N4O3/c1-6-9(2)13(25-17(29)19(20,21)22)16(28)26-8-11-12(18(11,4)5)14(26)15(27)24-10(3)7-23/h10-14H,2,6,8H2,1,3-5H3,(H,24,27)(H,25,29)/t10-,11-,12-,13-,14-/m0/s1. The molecule has 29 heavy (non-hydrogen) atoms. The van der Waals surface area contributed by atoms with Crippen LogP contribution in [0.5, 0.6) is 0 Å². The molecule has 3 amide bonds. The number of nitriles is 1. The highest BCUT2D eigenvalue weighted by Crippen LogP contribution is 2.64. The Hall–Kier alpha value is -2.57. The van der Waals surface area contributed by atoms with Crippen LogP contribution in [0.25, 0.3) is 0 Å². The zero-order chi connectivity index (χ0) is 22.3. The molecule has 1 heterocycles. The van der Waals surface area contributed by atoms with Gasteiger partial charge in [-0.05, 0) is 36.2 Å². The number of carbonyl (C=O) groups excluding carboxylic acids is 3. The van der Waals surface area contributed by atoms with Crippen molar-refractivity contribution in [3.63, 3.8) is 0 Å². The molecule has 1 aliphatic heterocycles. The van der Waals surface area contributed by atoms with E-state index in [0.717, 1.165) is 0 Å². The molecule has 1 saturated heterocycles. The summed E-state index contributed by atoms with van der Waals surface area (Å²) in [4.78, 5) is 38.5. The molecule has 2 rings (SSSR count). The fourth-order valence-electron chi connectivity index (χ4n) is 4.07. The highest BCUT2D eigenvalue weighted by atomic mass is 19.4. The van der Waals surface area contributed by atoms with Gasteiger partial charge in [-0.25, -0.2) is 0 Å². The summed E-state index contributed by atoms with van der Waals surface area (Å²) in [5.74, 6) is -3.75. The minimum absolute atomic E-state index is 0.00783. The number of hydrogen-bond acceptors (Lipinski definition) is 4. The van der Waals surface area contributed by atoms with Crippen molar-refractivity contribution in [3.05, 3.63) is 12.2 Å². The van der Waals surface area contributed by atoms with Crippen LogP contribution in [-0.4, -0.2) is 53.5 Å². The van der Waals surface area contributed by atoms with Crippen LogP contribution in [0.4, 0.5) is 13.2 Å². The van der Waals surface area contributed by atoms with Crippen molar-refractivity contribution in [3.8, 4) is 6.07 Å². The Balaban J connectivity index is 2.29. The molecule has 0 unspecified atom stereocenters. The van der Waals surface area contributed by atoms with Crippen LogP contribution in [0.15, 0.2) is 12.2 Å². The van der Waals surface area contributed by atoms with Crippen LogP contribution in [0.3, 0.4) is 0 Å². The predicted octanol–water partition coefficient (Wildman–Crippen LogP) is 1.51. The number of nitrogens with zero attached hydrogens (tertiary/aromatic N) is 2. The fourth-order valence-corrected chi connectivity index (χ4v) is 4.07. The van der Waals surface area contributed by atoms with E-state index in [1.165, 1.54) is 11.8 Å². The molecule has 7 nitrogen and oxygen atoms in total. The van der Waals surface area contributed by atoms with Crippen LogP contribution >= 0.6 is 0 Å². The van der Waals surface area contributed by atoms with Gasteiger partial charge < -0.3 is 15.5 Å². The normalized spacial score (nSPS) is 26.6. The second-order valence-corrected chi connectivity index (χ2v) is 8.16. The number of rotatable bonds is 6.